The van der Waals surface area contributed by atoms with Gasteiger partial charge in [0.2, 0.25) is 0 Å². The van der Waals surface area contributed by atoms with Gasteiger partial charge in [0.1, 0.15) is 11.4 Å². The molecule has 0 saturated carbocycles. The number of phenols is 1. The molecular formula is C21H28N2O2. The third-order valence-corrected chi connectivity index (χ3v) is 6.46. The van der Waals surface area contributed by atoms with Crippen LogP contribution in [0.3, 0.4) is 0 Å². The number of benzene rings is 1. The third-order valence-electron chi connectivity index (χ3n) is 6.46. The molecule has 0 bridgehead atoms. The Morgan fingerprint density at radius 2 is 2.32 bits per heavy atom. The topological polar surface area (TPSA) is 56.1 Å². The number of hydrogen-bond donors (Lipinski definition) is 2. The maximum absolute atomic E-state index is 11.5. The van der Waals surface area contributed by atoms with Crippen molar-refractivity contribution in [3.63, 3.8) is 0 Å². The molecule has 4 nitrogen and oxygen atoms in total. The summed E-state index contributed by atoms with van der Waals surface area (Å²) in [6.45, 7) is 7.93. The van der Waals surface area contributed by atoms with Gasteiger partial charge in [0.15, 0.2) is 0 Å². The van der Waals surface area contributed by atoms with Crippen LogP contribution in [0, 0.1) is 11.8 Å². The summed E-state index contributed by atoms with van der Waals surface area (Å²) < 4.78 is 9.37. The zero-order chi connectivity index (χ0) is 18.7. The molecule has 2 N–H and O–H groups in total. The maximum atomic E-state index is 11.5. The van der Waals surface area contributed by atoms with Crippen LogP contribution in [0.2, 0.25) is 0 Å². The van der Waals surface area contributed by atoms with Crippen LogP contribution in [0.5, 0.6) is 5.75 Å². The maximum Gasteiger partial charge on any atom is 0.136 e. The minimum atomic E-state index is -1.33. The average molecular weight is 341 g/mol. The van der Waals surface area contributed by atoms with E-state index in [0.29, 0.717) is 48.2 Å². The summed E-state index contributed by atoms with van der Waals surface area (Å²) in [4.78, 5) is 6.88. The van der Waals surface area contributed by atoms with Crippen LogP contribution in [0.25, 0.3) is 0 Å². The fraction of sp³-hybridized carbons (Fsp3) is 0.571. The quantitative estimate of drug-likeness (QED) is 0.806. The highest BCUT2D eigenvalue weighted by atomic mass is 16.3. The van der Waals surface area contributed by atoms with Gasteiger partial charge in [0.05, 0.1) is 24.4 Å². The minimum Gasteiger partial charge on any atom is -0.507 e. The van der Waals surface area contributed by atoms with Crippen LogP contribution in [-0.2, 0) is 5.60 Å². The molecule has 4 atom stereocenters. The number of aliphatic imine (C=N–C) groups is 1. The second kappa shape index (κ2) is 5.96. The number of rotatable bonds is 2. The average Bonchev–Trinajstić information content (AvgIpc) is 2.95. The van der Waals surface area contributed by atoms with Crippen molar-refractivity contribution in [3.05, 3.63) is 35.4 Å². The molecule has 3 aliphatic rings. The van der Waals surface area contributed by atoms with Crippen molar-refractivity contribution in [2.75, 3.05) is 13.1 Å². The van der Waals surface area contributed by atoms with E-state index in [1.807, 2.05) is 6.07 Å². The molecule has 0 spiro atoms. The van der Waals surface area contributed by atoms with Gasteiger partial charge in [0, 0.05) is 13.1 Å². The first-order chi connectivity index (χ1) is 12.3. The number of aromatic hydroxyl groups is 1. The smallest absolute Gasteiger partial charge is 0.136 e. The van der Waals surface area contributed by atoms with Crippen molar-refractivity contribution in [1.29, 1.82) is 0 Å². The van der Waals surface area contributed by atoms with Gasteiger partial charge in [-0.25, -0.2) is 0 Å². The Hall–Kier alpha value is -1.65. The Bertz CT molecular complexity index is 805. The lowest BCUT2D eigenvalue weighted by atomic mass is 9.70. The van der Waals surface area contributed by atoms with Crippen molar-refractivity contribution in [2.45, 2.75) is 51.7 Å². The molecule has 4 heteroatoms. The van der Waals surface area contributed by atoms with Crippen LogP contribution < -0.4 is 0 Å². The first kappa shape index (κ1) is 15.6. The molecule has 2 fully saturated rings. The van der Waals surface area contributed by atoms with E-state index in [0.717, 1.165) is 13.0 Å². The highest BCUT2D eigenvalue weighted by molar-refractivity contribution is 6.05. The zero-order valence-electron chi connectivity index (χ0n) is 16.3. The molecule has 3 heterocycles. The van der Waals surface area contributed by atoms with Gasteiger partial charge in [-0.2, -0.15) is 0 Å². The minimum absolute atomic E-state index is 0.0734. The summed E-state index contributed by atoms with van der Waals surface area (Å²) in [6, 6.07) is 4.13. The van der Waals surface area contributed by atoms with E-state index in [9.17, 15) is 11.6 Å². The predicted molar refractivity (Wildman–Crippen MR) is 100 cm³/mol. The predicted octanol–water partition coefficient (Wildman–Crippen LogP) is 3.75. The van der Waals surface area contributed by atoms with Crippen molar-refractivity contribution >= 4 is 11.4 Å². The third kappa shape index (κ3) is 2.38. The number of aliphatic hydroxyl groups is 1. The van der Waals surface area contributed by atoms with E-state index in [-0.39, 0.29) is 5.75 Å². The highest BCUT2D eigenvalue weighted by Crippen LogP contribution is 2.51. The van der Waals surface area contributed by atoms with Crippen molar-refractivity contribution in [2.24, 2.45) is 16.8 Å². The van der Waals surface area contributed by atoms with Crippen LogP contribution in [0.15, 0.2) is 34.8 Å². The van der Waals surface area contributed by atoms with Gasteiger partial charge < -0.3 is 10.2 Å². The molecule has 0 aromatic heterocycles. The molecule has 1 aromatic carbocycles. The molecule has 0 radical (unpaired) electrons. The van der Waals surface area contributed by atoms with E-state index in [4.69, 9.17) is 4.99 Å². The Kier molecular flexibility index (Phi) is 3.72. The van der Waals surface area contributed by atoms with Crippen LogP contribution >= 0.6 is 0 Å². The van der Waals surface area contributed by atoms with E-state index in [1.54, 1.807) is 12.1 Å². The zero-order valence-corrected chi connectivity index (χ0v) is 15.3. The lowest BCUT2D eigenvalue weighted by molar-refractivity contribution is 0.0180. The molecular weight excluding hydrogens is 312 g/mol. The standard InChI is InChI=1S/C21H28N2O2/c1-4-13(3)15-11-17-20-21(25,9-10-23(17)12-14(15)5-2)19-16(22-20)7-6-8-18(19)24/h4,6-8,14-15,17,24-25H,5,9-12H2,1-3H3/b13-4-/t14-,15-,17+,21+/m1/s1/i17D. The monoisotopic (exact) mass is 341 g/mol. The molecule has 0 aliphatic carbocycles. The second-order valence-electron chi connectivity index (χ2n) is 7.65. The number of nitrogens with zero attached hydrogens (tertiary/aromatic N) is 2. The van der Waals surface area contributed by atoms with Gasteiger partial charge >= 0.3 is 0 Å². The second-order valence-corrected chi connectivity index (χ2v) is 7.65. The van der Waals surface area contributed by atoms with Crippen LogP contribution in [0.4, 0.5) is 5.69 Å². The number of hydrogen-bond acceptors (Lipinski definition) is 4. The SMILES string of the molecule is [2H][C@@]12C[C@H](/C(C)=C\C)[C@H](CC)CN1CC[C@@]1(O)C2=Nc2cccc(O)c21. The van der Waals surface area contributed by atoms with E-state index in [1.165, 1.54) is 5.57 Å². The van der Waals surface area contributed by atoms with Crippen molar-refractivity contribution < 1.29 is 11.6 Å². The first-order valence-electron chi connectivity index (χ1n) is 9.87. The molecule has 0 unspecified atom stereocenters. The fourth-order valence-corrected chi connectivity index (χ4v) is 4.88. The van der Waals surface area contributed by atoms with Crippen LogP contribution in [-0.4, -0.2) is 39.9 Å². The highest BCUT2D eigenvalue weighted by Gasteiger charge is 2.53. The summed E-state index contributed by atoms with van der Waals surface area (Å²) in [7, 11) is 0. The van der Waals surface area contributed by atoms with Gasteiger partial charge in [-0.3, -0.25) is 9.89 Å². The number of allylic oxidation sites excluding steroid dienone is 2. The first-order valence-corrected chi connectivity index (χ1v) is 9.37. The summed E-state index contributed by atoms with van der Waals surface area (Å²) in [5.41, 5.74) is 1.57. The van der Waals surface area contributed by atoms with E-state index >= 15 is 0 Å². The molecule has 0 amide bonds. The van der Waals surface area contributed by atoms with Crippen molar-refractivity contribution in [3.8, 4) is 5.75 Å². The summed E-state index contributed by atoms with van der Waals surface area (Å²) >= 11 is 0. The van der Waals surface area contributed by atoms with E-state index < -0.39 is 11.6 Å². The Balaban J connectivity index is 1.80. The number of piperidine rings is 2. The molecule has 4 rings (SSSR count). The van der Waals surface area contributed by atoms with Gasteiger partial charge in [-0.15, -0.1) is 0 Å². The van der Waals surface area contributed by atoms with Crippen molar-refractivity contribution in [1.82, 2.24) is 4.90 Å². The normalized spacial score (nSPS) is 38.5. The molecule has 1 aromatic rings. The molecule has 134 valence electrons. The fourth-order valence-electron chi connectivity index (χ4n) is 4.88. The van der Waals surface area contributed by atoms with Crippen LogP contribution in [0.1, 0.15) is 47.0 Å². The Labute approximate surface area is 151 Å². The number of fused-ring (bicyclic) bond motifs is 5. The van der Waals surface area contributed by atoms with Gasteiger partial charge in [0.25, 0.3) is 0 Å². The molecule has 2 saturated heterocycles. The van der Waals surface area contributed by atoms with E-state index in [2.05, 4.69) is 31.7 Å². The summed E-state index contributed by atoms with van der Waals surface area (Å²) in [6.07, 6.45) is 4.34. The summed E-state index contributed by atoms with van der Waals surface area (Å²) in [5.74, 6) is 0.916. The summed E-state index contributed by atoms with van der Waals surface area (Å²) in [5, 5.41) is 21.9. The largest absolute Gasteiger partial charge is 0.507 e. The number of phenolic OH excluding ortho intramolecular Hbond substituents is 1. The van der Waals surface area contributed by atoms with Gasteiger partial charge in [-0.1, -0.05) is 31.1 Å². The lowest BCUT2D eigenvalue weighted by Gasteiger charge is -2.50. The van der Waals surface area contributed by atoms with Gasteiger partial charge in [-0.05, 0) is 50.7 Å². The molecule has 3 aliphatic heterocycles. The Morgan fingerprint density at radius 1 is 1.52 bits per heavy atom. The molecule has 25 heavy (non-hydrogen) atoms. The lowest BCUT2D eigenvalue weighted by Crippen LogP contribution is -2.60. The Morgan fingerprint density at radius 3 is 3.04 bits per heavy atom.